The minimum absolute atomic E-state index is 0.206. The maximum atomic E-state index is 12.5. The number of aromatic amines is 1. The van der Waals surface area contributed by atoms with E-state index >= 15 is 0 Å². The lowest BCUT2D eigenvalue weighted by Gasteiger charge is -2.27. The summed E-state index contributed by atoms with van der Waals surface area (Å²) >= 11 is 0. The number of nitrogens with zero attached hydrogens (tertiary/aromatic N) is 1. The van der Waals surface area contributed by atoms with Crippen LogP contribution in [0.3, 0.4) is 0 Å². The van der Waals surface area contributed by atoms with Crippen LogP contribution in [-0.2, 0) is 11.2 Å². The fraction of sp³-hybridized carbons (Fsp3) is 0.227. The molecule has 0 saturated carbocycles. The van der Waals surface area contributed by atoms with Gasteiger partial charge in [-0.2, -0.15) is 0 Å². The number of hydrogen-bond acceptors (Lipinski definition) is 1. The number of carbonyl (C=O) groups is 1. The van der Waals surface area contributed by atoms with Gasteiger partial charge in [0.25, 0.3) is 0 Å². The van der Waals surface area contributed by atoms with E-state index < -0.39 is 0 Å². The molecule has 0 bridgehead atoms. The van der Waals surface area contributed by atoms with E-state index in [9.17, 15) is 4.79 Å². The molecular weight excluding hydrogens is 308 g/mol. The zero-order valence-corrected chi connectivity index (χ0v) is 14.5. The number of para-hydroxylation sites is 1. The molecule has 1 aliphatic rings. The third kappa shape index (κ3) is 3.10. The van der Waals surface area contributed by atoms with E-state index in [1.165, 1.54) is 27.7 Å². The van der Waals surface area contributed by atoms with Crippen LogP contribution in [0.25, 0.3) is 16.5 Å². The minimum atomic E-state index is 0.206. The lowest BCUT2D eigenvalue weighted by molar-refractivity contribution is -0.130. The van der Waals surface area contributed by atoms with Crippen molar-refractivity contribution in [2.75, 3.05) is 13.1 Å². The highest BCUT2D eigenvalue weighted by Gasteiger charge is 2.20. The summed E-state index contributed by atoms with van der Waals surface area (Å²) in [7, 11) is 0. The second-order valence-electron chi connectivity index (χ2n) is 6.65. The summed E-state index contributed by atoms with van der Waals surface area (Å²) in [6, 6.07) is 18.4. The SMILES string of the molecule is Cc1[nH]c2ccccc2c1C1=CCN(C(=O)Cc2ccccc2)CC1. The first-order valence-electron chi connectivity index (χ1n) is 8.81. The van der Waals surface area contributed by atoms with Gasteiger partial charge in [-0.25, -0.2) is 0 Å². The smallest absolute Gasteiger partial charge is 0.227 e. The number of aryl methyl sites for hydroxylation is 1. The van der Waals surface area contributed by atoms with Crippen molar-refractivity contribution in [2.45, 2.75) is 19.8 Å². The predicted molar refractivity (Wildman–Crippen MR) is 102 cm³/mol. The standard InChI is InChI=1S/C22H22N2O/c1-16-22(19-9-5-6-10-20(19)23-16)18-11-13-24(14-12-18)21(25)15-17-7-3-2-4-8-17/h2-11,23H,12-15H2,1H3. The first-order chi connectivity index (χ1) is 12.2. The Kier molecular flexibility index (Phi) is 4.14. The Morgan fingerprint density at radius 2 is 1.84 bits per heavy atom. The number of benzene rings is 2. The number of nitrogens with one attached hydrogen (secondary N) is 1. The van der Waals surface area contributed by atoms with Crippen LogP contribution in [0.1, 0.15) is 23.2 Å². The maximum Gasteiger partial charge on any atom is 0.227 e. The van der Waals surface area contributed by atoms with Crippen molar-refractivity contribution in [1.29, 1.82) is 0 Å². The van der Waals surface area contributed by atoms with E-state index in [0.717, 1.165) is 18.5 Å². The van der Waals surface area contributed by atoms with E-state index in [2.05, 4.69) is 42.2 Å². The van der Waals surface area contributed by atoms with Gasteiger partial charge in [-0.1, -0.05) is 54.6 Å². The third-order valence-corrected chi connectivity index (χ3v) is 4.97. The van der Waals surface area contributed by atoms with E-state index in [4.69, 9.17) is 0 Å². The Balaban J connectivity index is 1.52. The molecule has 25 heavy (non-hydrogen) atoms. The maximum absolute atomic E-state index is 12.5. The highest BCUT2D eigenvalue weighted by atomic mass is 16.2. The predicted octanol–water partition coefficient (Wildman–Crippen LogP) is 4.33. The molecule has 2 heterocycles. The molecule has 1 aromatic heterocycles. The van der Waals surface area contributed by atoms with Gasteiger partial charge in [-0.05, 0) is 30.5 Å². The van der Waals surface area contributed by atoms with Crippen molar-refractivity contribution in [3.05, 3.63) is 77.5 Å². The zero-order valence-electron chi connectivity index (χ0n) is 14.5. The van der Waals surface area contributed by atoms with Crippen molar-refractivity contribution in [2.24, 2.45) is 0 Å². The van der Waals surface area contributed by atoms with Crippen LogP contribution in [0, 0.1) is 6.92 Å². The van der Waals surface area contributed by atoms with Gasteiger partial charge in [0, 0.05) is 35.2 Å². The van der Waals surface area contributed by atoms with Crippen molar-refractivity contribution in [3.8, 4) is 0 Å². The summed E-state index contributed by atoms with van der Waals surface area (Å²) in [6.07, 6.45) is 3.61. The Morgan fingerprint density at radius 1 is 1.08 bits per heavy atom. The summed E-state index contributed by atoms with van der Waals surface area (Å²) in [5.41, 5.74) is 6.12. The first-order valence-corrected chi connectivity index (χ1v) is 8.81. The van der Waals surface area contributed by atoms with Gasteiger partial charge >= 0.3 is 0 Å². The fourth-order valence-corrected chi connectivity index (χ4v) is 3.70. The molecule has 0 atom stereocenters. The molecule has 0 spiro atoms. The summed E-state index contributed by atoms with van der Waals surface area (Å²) < 4.78 is 0. The number of hydrogen-bond donors (Lipinski definition) is 1. The van der Waals surface area contributed by atoms with Gasteiger partial charge < -0.3 is 9.88 Å². The van der Waals surface area contributed by atoms with E-state index in [1.54, 1.807) is 0 Å². The van der Waals surface area contributed by atoms with E-state index in [-0.39, 0.29) is 5.91 Å². The van der Waals surface area contributed by atoms with Crippen LogP contribution in [-0.4, -0.2) is 28.9 Å². The fourth-order valence-electron chi connectivity index (χ4n) is 3.70. The number of H-pyrrole nitrogens is 1. The van der Waals surface area contributed by atoms with Gasteiger partial charge in [0.1, 0.15) is 0 Å². The molecule has 0 fully saturated rings. The van der Waals surface area contributed by atoms with Crippen molar-refractivity contribution in [1.82, 2.24) is 9.88 Å². The Morgan fingerprint density at radius 3 is 2.60 bits per heavy atom. The van der Waals surface area contributed by atoms with E-state index in [1.807, 2.05) is 35.2 Å². The quantitative estimate of drug-likeness (QED) is 0.762. The number of amides is 1. The van der Waals surface area contributed by atoms with Crippen LogP contribution >= 0.6 is 0 Å². The van der Waals surface area contributed by atoms with Crippen molar-refractivity contribution < 1.29 is 4.79 Å². The number of fused-ring (bicyclic) bond motifs is 1. The molecular formula is C22H22N2O. The molecule has 3 heteroatoms. The highest BCUT2D eigenvalue weighted by molar-refractivity contribution is 5.94. The number of carbonyl (C=O) groups excluding carboxylic acids is 1. The minimum Gasteiger partial charge on any atom is -0.358 e. The lowest BCUT2D eigenvalue weighted by Crippen LogP contribution is -2.35. The normalized spacial score (nSPS) is 14.6. The summed E-state index contributed by atoms with van der Waals surface area (Å²) in [5.74, 6) is 0.206. The topological polar surface area (TPSA) is 36.1 Å². The number of aromatic nitrogens is 1. The summed E-state index contributed by atoms with van der Waals surface area (Å²) in [4.78, 5) is 18.0. The van der Waals surface area contributed by atoms with Gasteiger partial charge in [0.05, 0.1) is 6.42 Å². The van der Waals surface area contributed by atoms with Crippen LogP contribution in [0.2, 0.25) is 0 Å². The largest absolute Gasteiger partial charge is 0.358 e. The molecule has 126 valence electrons. The Hall–Kier alpha value is -2.81. The molecule has 0 aliphatic carbocycles. The van der Waals surface area contributed by atoms with Crippen LogP contribution in [0.15, 0.2) is 60.7 Å². The summed E-state index contributed by atoms with van der Waals surface area (Å²) in [6.45, 7) is 3.61. The average molecular weight is 330 g/mol. The Bertz CT molecular complexity index is 937. The highest BCUT2D eigenvalue weighted by Crippen LogP contribution is 2.32. The van der Waals surface area contributed by atoms with Gasteiger partial charge in [0.2, 0.25) is 5.91 Å². The van der Waals surface area contributed by atoms with Crippen LogP contribution < -0.4 is 0 Å². The van der Waals surface area contributed by atoms with Crippen LogP contribution in [0.5, 0.6) is 0 Å². The van der Waals surface area contributed by atoms with Crippen LogP contribution in [0.4, 0.5) is 0 Å². The molecule has 0 saturated heterocycles. The van der Waals surface area contributed by atoms with Gasteiger partial charge in [-0.15, -0.1) is 0 Å². The first kappa shape index (κ1) is 15.7. The van der Waals surface area contributed by atoms with Gasteiger partial charge in [0.15, 0.2) is 0 Å². The van der Waals surface area contributed by atoms with Crippen molar-refractivity contribution >= 4 is 22.4 Å². The Labute approximate surface area is 148 Å². The molecule has 1 aliphatic heterocycles. The van der Waals surface area contributed by atoms with E-state index in [0.29, 0.717) is 13.0 Å². The molecule has 1 amide bonds. The molecule has 1 N–H and O–H groups in total. The lowest BCUT2D eigenvalue weighted by atomic mass is 9.96. The zero-order chi connectivity index (χ0) is 17.2. The van der Waals surface area contributed by atoms with Crippen molar-refractivity contribution in [3.63, 3.8) is 0 Å². The average Bonchev–Trinajstić information content (AvgIpc) is 2.98. The summed E-state index contributed by atoms with van der Waals surface area (Å²) in [5, 5.41) is 1.27. The third-order valence-electron chi connectivity index (χ3n) is 4.97. The molecule has 3 nitrogen and oxygen atoms in total. The second-order valence-corrected chi connectivity index (χ2v) is 6.65. The molecule has 3 aromatic rings. The van der Waals surface area contributed by atoms with Gasteiger partial charge in [-0.3, -0.25) is 4.79 Å². The molecule has 4 rings (SSSR count). The number of rotatable bonds is 3. The second kappa shape index (κ2) is 6.60. The monoisotopic (exact) mass is 330 g/mol. The molecule has 2 aromatic carbocycles. The molecule has 0 radical (unpaired) electrons. The molecule has 0 unspecified atom stereocenters.